The topological polar surface area (TPSA) is 78.4 Å². The molecule has 0 radical (unpaired) electrons. The molecule has 3 rings (SSSR count). The lowest BCUT2D eigenvalue weighted by molar-refractivity contribution is -0.127. The van der Waals surface area contributed by atoms with Crippen LogP contribution in [0.2, 0.25) is 0 Å². The molecule has 18 heavy (non-hydrogen) atoms. The summed E-state index contributed by atoms with van der Waals surface area (Å²) >= 11 is 0. The SMILES string of the molecule is Cc1occc1-c1noc(C2COCCC2=O)n1. The normalized spacial score (nSPS) is 20.3. The Balaban J connectivity index is 1.89. The standard InChI is InChI=1S/C12H12N2O4/c1-7-8(2-5-17-7)11-13-12(18-14-11)9-6-16-4-3-10(9)15/h2,5,9H,3-4,6H2,1H3. The lowest BCUT2D eigenvalue weighted by Gasteiger charge is -2.16. The number of Topliss-reactive ketones (excluding diaryl/α,β-unsaturated/α-hetero) is 1. The van der Waals surface area contributed by atoms with Crippen LogP contribution in [0.4, 0.5) is 0 Å². The van der Waals surface area contributed by atoms with Gasteiger partial charge < -0.3 is 13.7 Å². The molecule has 1 fully saturated rings. The van der Waals surface area contributed by atoms with E-state index in [4.69, 9.17) is 13.7 Å². The monoisotopic (exact) mass is 248 g/mol. The van der Waals surface area contributed by atoms with Crippen LogP contribution < -0.4 is 0 Å². The first-order valence-electron chi connectivity index (χ1n) is 5.74. The van der Waals surface area contributed by atoms with Crippen molar-refractivity contribution >= 4 is 5.78 Å². The Hall–Kier alpha value is -1.95. The molecule has 1 aliphatic rings. The van der Waals surface area contributed by atoms with Crippen molar-refractivity contribution in [2.45, 2.75) is 19.3 Å². The summed E-state index contributed by atoms with van der Waals surface area (Å²) < 4.78 is 15.6. The van der Waals surface area contributed by atoms with Crippen LogP contribution in [0.15, 0.2) is 21.3 Å². The maximum Gasteiger partial charge on any atom is 0.239 e. The number of ether oxygens (including phenoxy) is 1. The predicted octanol–water partition coefficient (Wildman–Crippen LogP) is 1.71. The summed E-state index contributed by atoms with van der Waals surface area (Å²) in [5, 5.41) is 3.88. The summed E-state index contributed by atoms with van der Waals surface area (Å²) in [6, 6.07) is 1.77. The van der Waals surface area contributed by atoms with Gasteiger partial charge in [0.2, 0.25) is 11.7 Å². The molecule has 0 amide bonds. The largest absolute Gasteiger partial charge is 0.469 e. The minimum atomic E-state index is -0.438. The van der Waals surface area contributed by atoms with E-state index in [1.54, 1.807) is 12.3 Å². The number of aryl methyl sites for hydroxylation is 1. The number of nitrogens with zero attached hydrogens (tertiary/aromatic N) is 2. The fourth-order valence-electron chi connectivity index (χ4n) is 1.95. The number of rotatable bonds is 2. The first-order chi connectivity index (χ1) is 8.75. The van der Waals surface area contributed by atoms with Gasteiger partial charge in [-0.25, -0.2) is 0 Å². The first kappa shape index (κ1) is 11.2. The van der Waals surface area contributed by atoms with Crippen LogP contribution in [0.5, 0.6) is 0 Å². The third-order valence-corrected chi connectivity index (χ3v) is 3.01. The second kappa shape index (κ2) is 4.38. The third-order valence-electron chi connectivity index (χ3n) is 3.01. The summed E-state index contributed by atoms with van der Waals surface area (Å²) in [5.74, 6) is 1.12. The zero-order valence-electron chi connectivity index (χ0n) is 9.88. The molecule has 0 spiro atoms. The van der Waals surface area contributed by atoms with Gasteiger partial charge >= 0.3 is 0 Å². The Bertz CT molecular complexity index is 572. The summed E-state index contributed by atoms with van der Waals surface area (Å²) in [4.78, 5) is 16.0. The molecule has 1 saturated heterocycles. The van der Waals surface area contributed by atoms with E-state index < -0.39 is 5.92 Å². The van der Waals surface area contributed by atoms with Crippen molar-refractivity contribution in [3.05, 3.63) is 24.0 Å². The fraction of sp³-hybridized carbons (Fsp3) is 0.417. The predicted molar refractivity (Wildman–Crippen MR) is 59.9 cm³/mol. The Morgan fingerprint density at radius 3 is 3.06 bits per heavy atom. The number of carbonyl (C=O) groups excluding carboxylic acids is 1. The highest BCUT2D eigenvalue weighted by molar-refractivity contribution is 5.85. The summed E-state index contributed by atoms with van der Waals surface area (Å²) in [6.07, 6.45) is 1.96. The van der Waals surface area contributed by atoms with Crippen LogP contribution in [0, 0.1) is 6.92 Å². The summed E-state index contributed by atoms with van der Waals surface area (Å²) in [6.45, 7) is 2.60. The van der Waals surface area contributed by atoms with E-state index in [1.807, 2.05) is 6.92 Å². The van der Waals surface area contributed by atoms with E-state index in [-0.39, 0.29) is 5.78 Å². The number of furan rings is 1. The number of ketones is 1. The average molecular weight is 248 g/mol. The third kappa shape index (κ3) is 1.84. The molecule has 1 atom stereocenters. The van der Waals surface area contributed by atoms with Gasteiger partial charge in [0.25, 0.3) is 0 Å². The number of aromatic nitrogens is 2. The molecular weight excluding hydrogens is 236 g/mol. The van der Waals surface area contributed by atoms with Crippen LogP contribution in [-0.2, 0) is 9.53 Å². The molecule has 2 aromatic heterocycles. The molecule has 6 heteroatoms. The van der Waals surface area contributed by atoms with E-state index in [2.05, 4.69) is 10.1 Å². The minimum Gasteiger partial charge on any atom is -0.469 e. The Morgan fingerprint density at radius 2 is 2.33 bits per heavy atom. The van der Waals surface area contributed by atoms with E-state index in [1.165, 1.54) is 0 Å². The van der Waals surface area contributed by atoms with Gasteiger partial charge in [-0.1, -0.05) is 5.16 Å². The van der Waals surface area contributed by atoms with Gasteiger partial charge in [0.15, 0.2) is 0 Å². The fourth-order valence-corrected chi connectivity index (χ4v) is 1.95. The highest BCUT2D eigenvalue weighted by Crippen LogP contribution is 2.25. The molecule has 0 aromatic carbocycles. The van der Waals surface area contributed by atoms with Gasteiger partial charge in [-0.2, -0.15) is 4.98 Å². The molecule has 0 saturated carbocycles. The highest BCUT2D eigenvalue weighted by atomic mass is 16.5. The average Bonchev–Trinajstić information content (AvgIpc) is 2.98. The van der Waals surface area contributed by atoms with Crippen molar-refractivity contribution in [3.63, 3.8) is 0 Å². The summed E-state index contributed by atoms with van der Waals surface area (Å²) in [5.41, 5.74) is 0.772. The molecule has 3 heterocycles. The Labute approximate surface area is 103 Å². The van der Waals surface area contributed by atoms with Gasteiger partial charge in [0.05, 0.1) is 25.0 Å². The van der Waals surface area contributed by atoms with E-state index in [9.17, 15) is 4.79 Å². The van der Waals surface area contributed by atoms with Gasteiger partial charge in [-0.15, -0.1) is 0 Å². The maximum absolute atomic E-state index is 11.7. The van der Waals surface area contributed by atoms with Crippen molar-refractivity contribution in [2.24, 2.45) is 0 Å². The number of hydrogen-bond acceptors (Lipinski definition) is 6. The Kier molecular flexibility index (Phi) is 2.71. The van der Waals surface area contributed by atoms with Gasteiger partial charge in [0, 0.05) is 6.42 Å². The molecule has 0 N–H and O–H groups in total. The Morgan fingerprint density at radius 1 is 1.44 bits per heavy atom. The van der Waals surface area contributed by atoms with E-state index >= 15 is 0 Å². The van der Waals surface area contributed by atoms with Gasteiger partial charge in [-0.05, 0) is 13.0 Å². The minimum absolute atomic E-state index is 0.0837. The number of carbonyl (C=O) groups is 1. The summed E-state index contributed by atoms with van der Waals surface area (Å²) in [7, 11) is 0. The zero-order valence-corrected chi connectivity index (χ0v) is 9.88. The van der Waals surface area contributed by atoms with Crippen LogP contribution >= 0.6 is 0 Å². The van der Waals surface area contributed by atoms with Crippen LogP contribution in [0.1, 0.15) is 24.0 Å². The van der Waals surface area contributed by atoms with Crippen molar-refractivity contribution in [1.29, 1.82) is 0 Å². The first-order valence-corrected chi connectivity index (χ1v) is 5.74. The number of hydrogen-bond donors (Lipinski definition) is 0. The quantitative estimate of drug-likeness (QED) is 0.805. The van der Waals surface area contributed by atoms with Crippen LogP contribution in [0.25, 0.3) is 11.4 Å². The molecule has 1 aliphatic heterocycles. The molecule has 2 aromatic rings. The van der Waals surface area contributed by atoms with Crippen molar-refractivity contribution < 1.29 is 18.5 Å². The molecule has 1 unspecified atom stereocenters. The van der Waals surface area contributed by atoms with Crippen LogP contribution in [-0.4, -0.2) is 29.1 Å². The molecule has 94 valence electrons. The van der Waals surface area contributed by atoms with Gasteiger partial charge in [0.1, 0.15) is 17.5 Å². The van der Waals surface area contributed by atoms with Crippen LogP contribution in [0.3, 0.4) is 0 Å². The highest BCUT2D eigenvalue weighted by Gasteiger charge is 2.30. The van der Waals surface area contributed by atoms with E-state index in [0.29, 0.717) is 37.1 Å². The smallest absolute Gasteiger partial charge is 0.239 e. The second-order valence-corrected chi connectivity index (χ2v) is 4.19. The van der Waals surface area contributed by atoms with Gasteiger partial charge in [-0.3, -0.25) is 4.79 Å². The molecule has 0 bridgehead atoms. The molecular formula is C12H12N2O4. The lowest BCUT2D eigenvalue weighted by atomic mass is 10.0. The zero-order chi connectivity index (χ0) is 12.5. The van der Waals surface area contributed by atoms with Crippen molar-refractivity contribution in [3.8, 4) is 11.4 Å². The molecule has 0 aliphatic carbocycles. The molecule has 6 nitrogen and oxygen atoms in total. The lowest BCUT2D eigenvalue weighted by Crippen LogP contribution is -2.25. The van der Waals surface area contributed by atoms with Crippen molar-refractivity contribution in [1.82, 2.24) is 10.1 Å². The maximum atomic E-state index is 11.7. The second-order valence-electron chi connectivity index (χ2n) is 4.19. The van der Waals surface area contributed by atoms with E-state index in [0.717, 1.165) is 5.56 Å². The van der Waals surface area contributed by atoms with Crippen molar-refractivity contribution in [2.75, 3.05) is 13.2 Å².